The van der Waals surface area contributed by atoms with Crippen LogP contribution in [0.5, 0.6) is 0 Å². The maximum Gasteiger partial charge on any atom is 0.308 e. The molecular weight excluding hydrogens is 244 g/mol. The maximum absolute atomic E-state index is 11.5. The number of ether oxygens (including phenoxy) is 1. The topological polar surface area (TPSA) is 58.6 Å². The molecule has 1 aliphatic heterocycles. The van der Waals surface area contributed by atoms with Gasteiger partial charge in [-0.1, -0.05) is 0 Å². The molecule has 1 fully saturated rings. The van der Waals surface area contributed by atoms with Crippen LogP contribution in [0.15, 0.2) is 12.4 Å². The Kier molecular flexibility index (Phi) is 4.19. The van der Waals surface area contributed by atoms with Gasteiger partial charge in [-0.2, -0.15) is 0 Å². The third-order valence-electron chi connectivity index (χ3n) is 3.45. The van der Waals surface area contributed by atoms with Crippen molar-refractivity contribution in [3.63, 3.8) is 0 Å². The molecule has 0 radical (unpaired) electrons. The standard InChI is InChI=1S/C13H20N4O2/c1-16(2)11-8-12(15-9-14-11)17-6-4-10(5-7-17)13(18)19-3/h8-10H,4-7H2,1-3H3. The van der Waals surface area contributed by atoms with Gasteiger partial charge in [0.15, 0.2) is 0 Å². The van der Waals surface area contributed by atoms with Crippen molar-refractivity contribution in [3.8, 4) is 0 Å². The van der Waals surface area contributed by atoms with E-state index in [9.17, 15) is 4.79 Å². The molecule has 0 amide bonds. The van der Waals surface area contributed by atoms with E-state index in [0.29, 0.717) is 0 Å². The van der Waals surface area contributed by atoms with Crippen LogP contribution in [0.4, 0.5) is 11.6 Å². The number of anilines is 2. The second kappa shape index (κ2) is 5.86. The van der Waals surface area contributed by atoms with Gasteiger partial charge in [-0.15, -0.1) is 0 Å². The van der Waals surface area contributed by atoms with Crippen molar-refractivity contribution < 1.29 is 9.53 Å². The van der Waals surface area contributed by atoms with Crippen LogP contribution in [0.3, 0.4) is 0 Å². The number of hydrogen-bond donors (Lipinski definition) is 0. The lowest BCUT2D eigenvalue weighted by atomic mass is 9.97. The summed E-state index contributed by atoms with van der Waals surface area (Å²) in [6.45, 7) is 1.65. The van der Waals surface area contributed by atoms with Crippen LogP contribution in [0.25, 0.3) is 0 Å². The third-order valence-corrected chi connectivity index (χ3v) is 3.45. The Labute approximate surface area is 113 Å². The minimum atomic E-state index is -0.101. The van der Waals surface area contributed by atoms with Crippen molar-refractivity contribution in [1.82, 2.24) is 9.97 Å². The highest BCUT2D eigenvalue weighted by Gasteiger charge is 2.26. The lowest BCUT2D eigenvalue weighted by Gasteiger charge is -2.31. The lowest BCUT2D eigenvalue weighted by molar-refractivity contribution is -0.146. The number of piperidine rings is 1. The number of aromatic nitrogens is 2. The van der Waals surface area contributed by atoms with E-state index >= 15 is 0 Å². The fraction of sp³-hybridized carbons (Fsp3) is 0.615. The molecule has 6 heteroatoms. The van der Waals surface area contributed by atoms with Gasteiger partial charge < -0.3 is 14.5 Å². The molecule has 1 aromatic heterocycles. The SMILES string of the molecule is COC(=O)C1CCN(c2cc(N(C)C)ncn2)CC1. The fourth-order valence-corrected chi connectivity index (χ4v) is 2.27. The van der Waals surface area contributed by atoms with Crippen molar-refractivity contribution >= 4 is 17.6 Å². The summed E-state index contributed by atoms with van der Waals surface area (Å²) in [4.78, 5) is 24.1. The quantitative estimate of drug-likeness (QED) is 0.757. The molecule has 0 N–H and O–H groups in total. The summed E-state index contributed by atoms with van der Waals surface area (Å²) in [6.07, 6.45) is 3.21. The summed E-state index contributed by atoms with van der Waals surface area (Å²) >= 11 is 0. The predicted molar refractivity (Wildman–Crippen MR) is 73.3 cm³/mol. The molecule has 0 unspecified atom stereocenters. The molecule has 0 bridgehead atoms. The van der Waals surface area contributed by atoms with E-state index in [1.54, 1.807) is 6.33 Å². The molecule has 0 spiro atoms. The molecule has 2 rings (SSSR count). The predicted octanol–water partition coefficient (Wildman–Crippen LogP) is 0.932. The van der Waals surface area contributed by atoms with E-state index in [4.69, 9.17) is 4.74 Å². The van der Waals surface area contributed by atoms with Gasteiger partial charge in [0, 0.05) is 33.3 Å². The number of carbonyl (C=O) groups excluding carboxylic acids is 1. The fourth-order valence-electron chi connectivity index (χ4n) is 2.27. The molecule has 0 aliphatic carbocycles. The summed E-state index contributed by atoms with van der Waals surface area (Å²) in [5.74, 6) is 1.73. The summed E-state index contributed by atoms with van der Waals surface area (Å²) in [5, 5.41) is 0. The minimum Gasteiger partial charge on any atom is -0.469 e. The first kappa shape index (κ1) is 13.6. The van der Waals surface area contributed by atoms with Crippen LogP contribution in [0.1, 0.15) is 12.8 Å². The van der Waals surface area contributed by atoms with Crippen molar-refractivity contribution in [1.29, 1.82) is 0 Å². The Bertz CT molecular complexity index is 442. The first-order valence-electron chi connectivity index (χ1n) is 6.44. The summed E-state index contributed by atoms with van der Waals surface area (Å²) in [7, 11) is 5.35. The smallest absolute Gasteiger partial charge is 0.308 e. The van der Waals surface area contributed by atoms with Crippen molar-refractivity contribution in [2.24, 2.45) is 5.92 Å². The Balaban J connectivity index is 2.01. The number of esters is 1. The van der Waals surface area contributed by atoms with E-state index in [1.807, 2.05) is 25.1 Å². The van der Waals surface area contributed by atoms with Crippen LogP contribution in [0, 0.1) is 5.92 Å². The third kappa shape index (κ3) is 3.13. The van der Waals surface area contributed by atoms with Gasteiger partial charge in [-0.05, 0) is 12.8 Å². The average Bonchev–Trinajstić information content (AvgIpc) is 2.46. The van der Waals surface area contributed by atoms with Crippen LogP contribution in [-0.4, -0.2) is 50.2 Å². The zero-order chi connectivity index (χ0) is 13.8. The Morgan fingerprint density at radius 1 is 1.37 bits per heavy atom. The number of methoxy groups -OCH3 is 1. The Morgan fingerprint density at radius 2 is 2.05 bits per heavy atom. The van der Waals surface area contributed by atoms with Crippen molar-refractivity contribution in [2.75, 3.05) is 44.1 Å². The highest BCUT2D eigenvalue weighted by atomic mass is 16.5. The van der Waals surface area contributed by atoms with Crippen LogP contribution in [-0.2, 0) is 9.53 Å². The van der Waals surface area contributed by atoms with Crippen LogP contribution < -0.4 is 9.80 Å². The molecule has 1 saturated heterocycles. The van der Waals surface area contributed by atoms with Gasteiger partial charge >= 0.3 is 5.97 Å². The van der Waals surface area contributed by atoms with Crippen LogP contribution >= 0.6 is 0 Å². The molecule has 19 heavy (non-hydrogen) atoms. The van der Waals surface area contributed by atoms with E-state index < -0.39 is 0 Å². The molecule has 104 valence electrons. The number of carbonyl (C=O) groups is 1. The second-order valence-electron chi connectivity index (χ2n) is 4.91. The van der Waals surface area contributed by atoms with Gasteiger partial charge in [0.25, 0.3) is 0 Å². The van der Waals surface area contributed by atoms with E-state index in [2.05, 4.69) is 14.9 Å². The summed E-state index contributed by atoms with van der Waals surface area (Å²) < 4.78 is 4.79. The molecule has 0 aromatic carbocycles. The molecule has 0 atom stereocenters. The zero-order valence-electron chi connectivity index (χ0n) is 11.7. The van der Waals surface area contributed by atoms with Crippen LogP contribution in [0.2, 0.25) is 0 Å². The van der Waals surface area contributed by atoms with Gasteiger partial charge in [-0.3, -0.25) is 4.79 Å². The Hall–Kier alpha value is -1.85. The molecule has 1 aromatic rings. The van der Waals surface area contributed by atoms with Gasteiger partial charge in [-0.25, -0.2) is 9.97 Å². The van der Waals surface area contributed by atoms with Crippen molar-refractivity contribution in [2.45, 2.75) is 12.8 Å². The largest absolute Gasteiger partial charge is 0.469 e. The molecule has 2 heterocycles. The summed E-state index contributed by atoms with van der Waals surface area (Å²) in [6, 6.07) is 1.97. The maximum atomic E-state index is 11.5. The van der Waals surface area contributed by atoms with Gasteiger partial charge in [0.2, 0.25) is 0 Å². The zero-order valence-corrected chi connectivity index (χ0v) is 11.7. The van der Waals surface area contributed by atoms with Gasteiger partial charge in [0.05, 0.1) is 13.0 Å². The minimum absolute atomic E-state index is 0.0245. The molecule has 1 aliphatic rings. The van der Waals surface area contributed by atoms with E-state index in [-0.39, 0.29) is 11.9 Å². The summed E-state index contributed by atoms with van der Waals surface area (Å²) in [5.41, 5.74) is 0. The number of rotatable bonds is 3. The second-order valence-corrected chi connectivity index (χ2v) is 4.91. The van der Waals surface area contributed by atoms with E-state index in [1.165, 1.54) is 7.11 Å². The number of nitrogens with zero attached hydrogens (tertiary/aromatic N) is 4. The monoisotopic (exact) mass is 264 g/mol. The Morgan fingerprint density at radius 3 is 2.63 bits per heavy atom. The van der Waals surface area contributed by atoms with E-state index in [0.717, 1.165) is 37.6 Å². The lowest BCUT2D eigenvalue weighted by Crippen LogP contribution is -2.37. The van der Waals surface area contributed by atoms with Gasteiger partial charge in [0.1, 0.15) is 18.0 Å². The molecule has 0 saturated carbocycles. The molecule has 6 nitrogen and oxygen atoms in total. The normalized spacial score (nSPS) is 16.3. The van der Waals surface area contributed by atoms with Crippen molar-refractivity contribution in [3.05, 3.63) is 12.4 Å². The number of hydrogen-bond acceptors (Lipinski definition) is 6. The first-order valence-corrected chi connectivity index (χ1v) is 6.44. The average molecular weight is 264 g/mol. The highest BCUT2D eigenvalue weighted by Crippen LogP contribution is 2.23. The molecular formula is C13H20N4O2. The highest BCUT2D eigenvalue weighted by molar-refractivity contribution is 5.72. The first-order chi connectivity index (χ1) is 9.11.